The molecule has 1 heterocycles. The van der Waals surface area contributed by atoms with Crippen molar-refractivity contribution < 1.29 is 4.79 Å². The predicted octanol–water partition coefficient (Wildman–Crippen LogP) is 1.37. The third-order valence-electron chi connectivity index (χ3n) is 2.84. The van der Waals surface area contributed by atoms with E-state index in [1.54, 1.807) is 0 Å². The topological polar surface area (TPSA) is 55.1 Å². The Kier molecular flexibility index (Phi) is 6.10. The van der Waals surface area contributed by atoms with Crippen molar-refractivity contribution in [3.05, 3.63) is 0 Å². The van der Waals surface area contributed by atoms with Crippen LogP contribution in [0.5, 0.6) is 0 Å². The summed E-state index contributed by atoms with van der Waals surface area (Å²) in [6.07, 6.45) is 4.21. The Labute approximate surface area is 96.6 Å². The van der Waals surface area contributed by atoms with Crippen molar-refractivity contribution in [1.29, 1.82) is 0 Å². The van der Waals surface area contributed by atoms with Crippen LogP contribution in [0, 0.1) is 5.92 Å². The summed E-state index contributed by atoms with van der Waals surface area (Å²) in [7, 11) is 0. The number of amides is 1. The number of carbonyl (C=O) groups excluding carboxylic acids is 1. The minimum atomic E-state index is -0.312. The molecule has 4 heteroatoms. The SMILES string of the molecule is CCCC(N)C(=O)NCC1CCSCC1. The molecule has 1 rings (SSSR count). The molecule has 0 radical (unpaired) electrons. The Hall–Kier alpha value is -0.220. The minimum Gasteiger partial charge on any atom is -0.354 e. The minimum absolute atomic E-state index is 0.0232. The van der Waals surface area contributed by atoms with Crippen molar-refractivity contribution >= 4 is 17.7 Å². The monoisotopic (exact) mass is 230 g/mol. The number of thioether (sulfide) groups is 1. The van der Waals surface area contributed by atoms with Gasteiger partial charge in [0.25, 0.3) is 0 Å². The molecule has 15 heavy (non-hydrogen) atoms. The standard InChI is InChI=1S/C11H22N2OS/c1-2-3-10(12)11(14)13-8-9-4-6-15-7-5-9/h9-10H,2-8,12H2,1H3,(H,13,14). The fourth-order valence-electron chi connectivity index (χ4n) is 1.77. The Morgan fingerprint density at radius 3 is 2.80 bits per heavy atom. The van der Waals surface area contributed by atoms with Gasteiger partial charge in [-0.3, -0.25) is 4.79 Å². The van der Waals surface area contributed by atoms with Gasteiger partial charge in [0.1, 0.15) is 0 Å². The molecular formula is C11H22N2OS. The molecule has 1 fully saturated rings. The van der Waals surface area contributed by atoms with E-state index < -0.39 is 0 Å². The van der Waals surface area contributed by atoms with Gasteiger partial charge >= 0.3 is 0 Å². The van der Waals surface area contributed by atoms with E-state index in [9.17, 15) is 4.79 Å². The number of nitrogens with one attached hydrogen (secondary N) is 1. The highest BCUT2D eigenvalue weighted by atomic mass is 32.2. The normalized spacial score (nSPS) is 19.9. The summed E-state index contributed by atoms with van der Waals surface area (Å²) in [5, 5.41) is 2.96. The molecule has 3 N–H and O–H groups in total. The zero-order valence-electron chi connectivity index (χ0n) is 9.50. The van der Waals surface area contributed by atoms with Crippen LogP contribution in [0.4, 0.5) is 0 Å². The third-order valence-corrected chi connectivity index (χ3v) is 3.89. The Bertz CT molecular complexity index is 193. The van der Waals surface area contributed by atoms with Gasteiger partial charge in [0.05, 0.1) is 6.04 Å². The molecule has 1 atom stereocenters. The number of nitrogens with two attached hydrogens (primary N) is 1. The van der Waals surface area contributed by atoms with E-state index in [1.807, 2.05) is 18.7 Å². The lowest BCUT2D eigenvalue weighted by Crippen LogP contribution is -2.42. The van der Waals surface area contributed by atoms with E-state index in [0.29, 0.717) is 5.92 Å². The highest BCUT2D eigenvalue weighted by Gasteiger charge is 2.16. The fourth-order valence-corrected chi connectivity index (χ4v) is 2.97. The second-order valence-corrected chi connectivity index (χ2v) is 5.42. The number of hydrogen-bond acceptors (Lipinski definition) is 3. The Balaban J connectivity index is 2.14. The van der Waals surface area contributed by atoms with Gasteiger partial charge in [-0.15, -0.1) is 0 Å². The molecule has 0 aromatic heterocycles. The van der Waals surface area contributed by atoms with Crippen LogP contribution in [0.25, 0.3) is 0 Å². The molecule has 0 aromatic rings. The van der Waals surface area contributed by atoms with Crippen LogP contribution >= 0.6 is 11.8 Å². The lowest BCUT2D eigenvalue weighted by molar-refractivity contribution is -0.122. The molecule has 0 aromatic carbocycles. The van der Waals surface area contributed by atoms with Gasteiger partial charge in [-0.2, -0.15) is 11.8 Å². The quantitative estimate of drug-likeness (QED) is 0.750. The summed E-state index contributed by atoms with van der Waals surface area (Å²) in [6, 6.07) is -0.312. The van der Waals surface area contributed by atoms with Gasteiger partial charge in [0, 0.05) is 6.54 Å². The third kappa shape index (κ3) is 4.89. The highest BCUT2D eigenvalue weighted by Crippen LogP contribution is 2.21. The van der Waals surface area contributed by atoms with Crippen LogP contribution in [0.1, 0.15) is 32.6 Å². The molecule has 1 amide bonds. The van der Waals surface area contributed by atoms with E-state index in [0.717, 1.165) is 19.4 Å². The van der Waals surface area contributed by atoms with Gasteiger partial charge in [0.2, 0.25) is 5.91 Å². The molecule has 0 aliphatic carbocycles. The lowest BCUT2D eigenvalue weighted by Gasteiger charge is -2.22. The number of hydrogen-bond donors (Lipinski definition) is 2. The summed E-state index contributed by atoms with van der Waals surface area (Å²) in [6.45, 7) is 2.86. The molecular weight excluding hydrogens is 208 g/mol. The largest absolute Gasteiger partial charge is 0.354 e. The van der Waals surface area contributed by atoms with Crippen LogP contribution in [0.2, 0.25) is 0 Å². The van der Waals surface area contributed by atoms with Crippen LogP contribution in [0.15, 0.2) is 0 Å². The molecule has 1 saturated heterocycles. The maximum atomic E-state index is 11.5. The summed E-state index contributed by atoms with van der Waals surface area (Å²) in [5.41, 5.74) is 5.73. The second-order valence-electron chi connectivity index (χ2n) is 4.20. The predicted molar refractivity (Wildman–Crippen MR) is 65.9 cm³/mol. The van der Waals surface area contributed by atoms with Crippen molar-refractivity contribution in [2.24, 2.45) is 11.7 Å². The first kappa shape index (κ1) is 12.8. The maximum absolute atomic E-state index is 11.5. The number of carbonyl (C=O) groups is 1. The van der Waals surface area contributed by atoms with E-state index >= 15 is 0 Å². The first-order valence-electron chi connectivity index (χ1n) is 5.85. The summed E-state index contributed by atoms with van der Waals surface area (Å²) in [5.74, 6) is 3.17. The average molecular weight is 230 g/mol. The second kappa shape index (κ2) is 7.12. The smallest absolute Gasteiger partial charge is 0.236 e. The number of rotatable bonds is 5. The van der Waals surface area contributed by atoms with Gasteiger partial charge < -0.3 is 11.1 Å². The van der Waals surface area contributed by atoms with Gasteiger partial charge in [-0.05, 0) is 36.7 Å². The molecule has 1 unspecified atom stereocenters. The molecule has 0 bridgehead atoms. The summed E-state index contributed by atoms with van der Waals surface area (Å²) in [4.78, 5) is 11.5. The summed E-state index contributed by atoms with van der Waals surface area (Å²) >= 11 is 2.01. The fraction of sp³-hybridized carbons (Fsp3) is 0.909. The van der Waals surface area contributed by atoms with Crippen LogP contribution in [-0.4, -0.2) is 30.0 Å². The van der Waals surface area contributed by atoms with Crippen molar-refractivity contribution in [2.45, 2.75) is 38.6 Å². The molecule has 0 saturated carbocycles. The molecule has 3 nitrogen and oxygen atoms in total. The maximum Gasteiger partial charge on any atom is 0.236 e. The Morgan fingerprint density at radius 1 is 1.53 bits per heavy atom. The van der Waals surface area contributed by atoms with Crippen LogP contribution in [-0.2, 0) is 4.79 Å². The van der Waals surface area contributed by atoms with E-state index in [-0.39, 0.29) is 11.9 Å². The lowest BCUT2D eigenvalue weighted by atomic mass is 10.0. The Morgan fingerprint density at radius 2 is 2.20 bits per heavy atom. The zero-order chi connectivity index (χ0) is 11.1. The van der Waals surface area contributed by atoms with Crippen molar-refractivity contribution in [2.75, 3.05) is 18.1 Å². The molecule has 0 spiro atoms. The van der Waals surface area contributed by atoms with E-state index in [2.05, 4.69) is 5.32 Å². The van der Waals surface area contributed by atoms with Gasteiger partial charge in [0.15, 0.2) is 0 Å². The first-order chi connectivity index (χ1) is 7.24. The average Bonchev–Trinajstić information content (AvgIpc) is 2.27. The zero-order valence-corrected chi connectivity index (χ0v) is 10.3. The molecule has 1 aliphatic heterocycles. The van der Waals surface area contributed by atoms with Crippen LogP contribution in [0.3, 0.4) is 0 Å². The van der Waals surface area contributed by atoms with Gasteiger partial charge in [-0.25, -0.2) is 0 Å². The van der Waals surface area contributed by atoms with Crippen LogP contribution < -0.4 is 11.1 Å². The van der Waals surface area contributed by atoms with Crippen molar-refractivity contribution in [3.8, 4) is 0 Å². The highest BCUT2D eigenvalue weighted by molar-refractivity contribution is 7.99. The van der Waals surface area contributed by atoms with Crippen molar-refractivity contribution in [3.63, 3.8) is 0 Å². The first-order valence-corrected chi connectivity index (χ1v) is 7.00. The molecule has 1 aliphatic rings. The van der Waals surface area contributed by atoms with E-state index in [4.69, 9.17) is 5.73 Å². The van der Waals surface area contributed by atoms with E-state index in [1.165, 1.54) is 24.3 Å². The summed E-state index contributed by atoms with van der Waals surface area (Å²) < 4.78 is 0. The van der Waals surface area contributed by atoms with Crippen molar-refractivity contribution in [1.82, 2.24) is 5.32 Å². The molecule has 88 valence electrons. The van der Waals surface area contributed by atoms with Gasteiger partial charge in [-0.1, -0.05) is 13.3 Å².